The van der Waals surface area contributed by atoms with Crippen molar-refractivity contribution in [1.29, 1.82) is 0 Å². The van der Waals surface area contributed by atoms with E-state index in [1.807, 2.05) is 0 Å². The Balaban J connectivity index is 2.76. The Morgan fingerprint density at radius 2 is 2.00 bits per heavy atom. The number of carbonyl (C=O) groups is 1. The van der Waals surface area contributed by atoms with Crippen LogP contribution in [-0.2, 0) is 0 Å². The maximum atomic E-state index is 10.7. The maximum Gasteiger partial charge on any atom is 0.404 e. The number of rotatable bonds is 2. The van der Waals surface area contributed by atoms with Gasteiger partial charge >= 0.3 is 6.09 Å². The standard InChI is InChI=1S/C10H20N2O2/c1-9(2,3)7(12-8(13)14)10(4)5-11-6-10/h7,11-12H,5-6H2,1-4H3,(H,13,14). The van der Waals surface area contributed by atoms with E-state index in [1.165, 1.54) is 0 Å². The SMILES string of the molecule is CC(C)(C)C(NC(=O)O)C1(C)CNC1. The summed E-state index contributed by atoms with van der Waals surface area (Å²) in [5.74, 6) is 0. The summed E-state index contributed by atoms with van der Waals surface area (Å²) in [5.41, 5.74) is 0.00583. The highest BCUT2D eigenvalue weighted by atomic mass is 16.4. The minimum absolute atomic E-state index is 0.00579. The van der Waals surface area contributed by atoms with Crippen LogP contribution in [0.1, 0.15) is 27.7 Å². The molecule has 1 saturated heterocycles. The van der Waals surface area contributed by atoms with E-state index < -0.39 is 6.09 Å². The van der Waals surface area contributed by atoms with Crippen LogP contribution in [0.15, 0.2) is 0 Å². The first kappa shape index (κ1) is 11.3. The molecule has 1 rings (SSSR count). The van der Waals surface area contributed by atoms with Gasteiger partial charge in [0.2, 0.25) is 0 Å². The second kappa shape index (κ2) is 3.42. The highest BCUT2D eigenvalue weighted by Gasteiger charge is 2.46. The molecule has 82 valence electrons. The molecular formula is C10H20N2O2. The van der Waals surface area contributed by atoms with Crippen molar-refractivity contribution < 1.29 is 9.90 Å². The molecule has 0 spiro atoms. The lowest BCUT2D eigenvalue weighted by Crippen LogP contribution is -2.66. The summed E-state index contributed by atoms with van der Waals surface area (Å²) in [5, 5.41) is 14.6. The van der Waals surface area contributed by atoms with E-state index in [9.17, 15) is 4.79 Å². The second-order valence-electron chi connectivity index (χ2n) is 5.51. The van der Waals surface area contributed by atoms with Gasteiger partial charge in [0.1, 0.15) is 0 Å². The van der Waals surface area contributed by atoms with Gasteiger partial charge in [0.25, 0.3) is 0 Å². The molecule has 0 aliphatic carbocycles. The number of hydrogen-bond acceptors (Lipinski definition) is 2. The summed E-state index contributed by atoms with van der Waals surface area (Å²) in [7, 11) is 0. The van der Waals surface area contributed by atoms with Crippen LogP contribution < -0.4 is 10.6 Å². The average Bonchev–Trinajstić information content (AvgIpc) is 1.93. The molecule has 1 unspecified atom stereocenters. The molecule has 1 amide bonds. The fourth-order valence-electron chi connectivity index (χ4n) is 2.28. The molecule has 1 aliphatic rings. The van der Waals surface area contributed by atoms with Crippen LogP contribution in [0, 0.1) is 10.8 Å². The van der Waals surface area contributed by atoms with Crippen molar-refractivity contribution in [2.75, 3.05) is 13.1 Å². The first-order valence-electron chi connectivity index (χ1n) is 4.96. The third-order valence-corrected chi connectivity index (χ3v) is 2.89. The zero-order valence-electron chi connectivity index (χ0n) is 9.35. The summed E-state index contributed by atoms with van der Waals surface area (Å²) in [6, 6.07) is -0.00579. The minimum Gasteiger partial charge on any atom is -0.465 e. The van der Waals surface area contributed by atoms with Crippen LogP contribution in [0.5, 0.6) is 0 Å². The van der Waals surface area contributed by atoms with Crippen LogP contribution in [-0.4, -0.2) is 30.3 Å². The third-order valence-electron chi connectivity index (χ3n) is 2.89. The smallest absolute Gasteiger partial charge is 0.404 e. The molecular weight excluding hydrogens is 180 g/mol. The molecule has 0 bridgehead atoms. The first-order chi connectivity index (χ1) is 6.26. The van der Waals surface area contributed by atoms with Crippen LogP contribution >= 0.6 is 0 Å². The third kappa shape index (κ3) is 2.18. The Bertz CT molecular complexity index is 229. The largest absolute Gasteiger partial charge is 0.465 e. The van der Waals surface area contributed by atoms with Crippen LogP contribution in [0.25, 0.3) is 0 Å². The number of hydrogen-bond donors (Lipinski definition) is 3. The molecule has 0 aromatic carbocycles. The van der Waals surface area contributed by atoms with Gasteiger partial charge in [-0.05, 0) is 5.41 Å². The van der Waals surface area contributed by atoms with E-state index in [0.29, 0.717) is 0 Å². The molecule has 1 fully saturated rings. The Morgan fingerprint density at radius 1 is 1.50 bits per heavy atom. The zero-order valence-corrected chi connectivity index (χ0v) is 9.35. The Morgan fingerprint density at radius 3 is 2.21 bits per heavy atom. The fraction of sp³-hybridized carbons (Fsp3) is 0.900. The lowest BCUT2D eigenvalue weighted by Gasteiger charge is -2.50. The van der Waals surface area contributed by atoms with Crippen LogP contribution in [0.2, 0.25) is 0 Å². The molecule has 0 saturated carbocycles. The van der Waals surface area contributed by atoms with Crippen molar-refractivity contribution in [3.63, 3.8) is 0 Å². The maximum absolute atomic E-state index is 10.7. The van der Waals surface area contributed by atoms with E-state index in [1.54, 1.807) is 0 Å². The predicted molar refractivity (Wildman–Crippen MR) is 55.4 cm³/mol. The van der Waals surface area contributed by atoms with Gasteiger partial charge in [0, 0.05) is 24.5 Å². The molecule has 14 heavy (non-hydrogen) atoms. The van der Waals surface area contributed by atoms with E-state index in [0.717, 1.165) is 13.1 Å². The van der Waals surface area contributed by atoms with Gasteiger partial charge < -0.3 is 15.7 Å². The first-order valence-corrected chi connectivity index (χ1v) is 4.96. The predicted octanol–water partition coefficient (Wildman–Crippen LogP) is 1.28. The van der Waals surface area contributed by atoms with Gasteiger partial charge in [-0.15, -0.1) is 0 Å². The molecule has 0 aromatic rings. The molecule has 1 heterocycles. The van der Waals surface area contributed by atoms with Gasteiger partial charge in [0.15, 0.2) is 0 Å². The van der Waals surface area contributed by atoms with Gasteiger partial charge in [0.05, 0.1) is 0 Å². The summed E-state index contributed by atoms with van der Waals surface area (Å²) in [6.07, 6.45) is -0.932. The minimum atomic E-state index is -0.932. The van der Waals surface area contributed by atoms with Crippen molar-refractivity contribution in [1.82, 2.24) is 10.6 Å². The zero-order chi connectivity index (χ0) is 11.0. The van der Waals surface area contributed by atoms with Crippen molar-refractivity contribution >= 4 is 6.09 Å². The average molecular weight is 200 g/mol. The molecule has 1 atom stereocenters. The number of carboxylic acid groups (broad SMARTS) is 1. The monoisotopic (exact) mass is 200 g/mol. The van der Waals surface area contributed by atoms with E-state index >= 15 is 0 Å². The van der Waals surface area contributed by atoms with Crippen molar-refractivity contribution in [2.24, 2.45) is 10.8 Å². The van der Waals surface area contributed by atoms with E-state index in [-0.39, 0.29) is 16.9 Å². The van der Waals surface area contributed by atoms with Gasteiger partial charge in [-0.2, -0.15) is 0 Å². The lowest BCUT2D eigenvalue weighted by atomic mass is 9.66. The molecule has 0 aromatic heterocycles. The van der Waals surface area contributed by atoms with Crippen molar-refractivity contribution in [3.8, 4) is 0 Å². The van der Waals surface area contributed by atoms with Crippen molar-refractivity contribution in [2.45, 2.75) is 33.7 Å². The molecule has 4 heteroatoms. The van der Waals surface area contributed by atoms with Crippen LogP contribution in [0.4, 0.5) is 4.79 Å². The second-order valence-corrected chi connectivity index (χ2v) is 5.51. The molecule has 4 nitrogen and oxygen atoms in total. The van der Waals surface area contributed by atoms with Gasteiger partial charge in [-0.3, -0.25) is 0 Å². The molecule has 0 radical (unpaired) electrons. The Hall–Kier alpha value is -0.770. The fourth-order valence-corrected chi connectivity index (χ4v) is 2.28. The number of nitrogens with one attached hydrogen (secondary N) is 2. The topological polar surface area (TPSA) is 61.4 Å². The highest BCUT2D eigenvalue weighted by molar-refractivity contribution is 5.65. The van der Waals surface area contributed by atoms with Gasteiger partial charge in [-0.1, -0.05) is 27.7 Å². The lowest BCUT2D eigenvalue weighted by molar-refractivity contribution is 0.0559. The van der Waals surface area contributed by atoms with E-state index in [4.69, 9.17) is 5.11 Å². The van der Waals surface area contributed by atoms with Gasteiger partial charge in [-0.25, -0.2) is 4.79 Å². The highest BCUT2D eigenvalue weighted by Crippen LogP contribution is 2.36. The van der Waals surface area contributed by atoms with E-state index in [2.05, 4.69) is 38.3 Å². The Kier molecular flexibility index (Phi) is 2.76. The number of amides is 1. The summed E-state index contributed by atoms with van der Waals surface area (Å²) in [6.45, 7) is 10.1. The quantitative estimate of drug-likeness (QED) is 0.629. The normalized spacial score (nSPS) is 22.3. The molecule has 1 aliphatic heterocycles. The summed E-state index contributed by atoms with van der Waals surface area (Å²) >= 11 is 0. The summed E-state index contributed by atoms with van der Waals surface area (Å²) < 4.78 is 0. The van der Waals surface area contributed by atoms with Crippen LogP contribution in [0.3, 0.4) is 0 Å². The van der Waals surface area contributed by atoms with Crippen molar-refractivity contribution in [3.05, 3.63) is 0 Å². The molecule has 3 N–H and O–H groups in total. The Labute approximate surface area is 85.1 Å². The summed E-state index contributed by atoms with van der Waals surface area (Å²) in [4.78, 5) is 10.7.